The average molecular weight is 401 g/mol. The van der Waals surface area contributed by atoms with Crippen LogP contribution in [0.25, 0.3) is 0 Å². The number of benzene rings is 1. The summed E-state index contributed by atoms with van der Waals surface area (Å²) in [7, 11) is 0. The standard InChI is InChI=1S/C22H32N4O3/c1-13(2)19(25-20(27)14(3)23)22(29)26-12-6-9-18(26)21(28)24-17-11-10-15-7-4-5-8-16(15)17/h4-5,7-8,13-14,17-19H,6,9-12,23H2,1-3H3,(H,24,28)(H,25,27)/t14-,17-,18-,19-/m0/s1. The molecule has 4 N–H and O–H groups in total. The number of rotatable bonds is 6. The van der Waals surface area contributed by atoms with Crippen molar-refractivity contribution in [3.63, 3.8) is 0 Å². The van der Waals surface area contributed by atoms with Gasteiger partial charge in [0.15, 0.2) is 0 Å². The predicted octanol–water partition coefficient (Wildman–Crippen LogP) is 1.27. The summed E-state index contributed by atoms with van der Waals surface area (Å²) in [6.45, 7) is 5.87. The lowest BCUT2D eigenvalue weighted by Crippen LogP contribution is -2.57. The lowest BCUT2D eigenvalue weighted by Gasteiger charge is -2.31. The molecule has 1 aromatic rings. The second-order valence-electron chi connectivity index (χ2n) is 8.51. The van der Waals surface area contributed by atoms with Crippen LogP contribution in [0, 0.1) is 5.92 Å². The molecule has 29 heavy (non-hydrogen) atoms. The van der Waals surface area contributed by atoms with Gasteiger partial charge in [0.2, 0.25) is 17.7 Å². The van der Waals surface area contributed by atoms with E-state index < -0.39 is 18.1 Å². The van der Waals surface area contributed by atoms with Crippen LogP contribution in [0.4, 0.5) is 0 Å². The average Bonchev–Trinajstić information content (AvgIpc) is 3.32. The topological polar surface area (TPSA) is 105 Å². The third kappa shape index (κ3) is 4.61. The summed E-state index contributed by atoms with van der Waals surface area (Å²) >= 11 is 0. The van der Waals surface area contributed by atoms with E-state index in [9.17, 15) is 14.4 Å². The van der Waals surface area contributed by atoms with E-state index in [1.165, 1.54) is 11.1 Å². The molecule has 0 unspecified atom stereocenters. The number of amides is 3. The van der Waals surface area contributed by atoms with Gasteiger partial charge in [0.25, 0.3) is 0 Å². The smallest absolute Gasteiger partial charge is 0.246 e. The van der Waals surface area contributed by atoms with Gasteiger partial charge in [-0.3, -0.25) is 14.4 Å². The first kappa shape index (κ1) is 21.3. The molecule has 0 bridgehead atoms. The van der Waals surface area contributed by atoms with Crippen LogP contribution >= 0.6 is 0 Å². The summed E-state index contributed by atoms with van der Waals surface area (Å²) in [6.07, 6.45) is 3.24. The largest absolute Gasteiger partial charge is 0.347 e. The molecule has 2 aliphatic rings. The van der Waals surface area contributed by atoms with Crippen LogP contribution in [-0.4, -0.2) is 47.3 Å². The second-order valence-corrected chi connectivity index (χ2v) is 8.51. The summed E-state index contributed by atoms with van der Waals surface area (Å²) in [6, 6.07) is 6.29. The number of carbonyl (C=O) groups excluding carboxylic acids is 3. The molecular weight excluding hydrogens is 368 g/mol. The Morgan fingerprint density at radius 1 is 1.14 bits per heavy atom. The van der Waals surface area contributed by atoms with Crippen molar-refractivity contribution in [1.82, 2.24) is 15.5 Å². The van der Waals surface area contributed by atoms with E-state index in [0.29, 0.717) is 13.0 Å². The predicted molar refractivity (Wildman–Crippen MR) is 111 cm³/mol. The zero-order valence-electron chi connectivity index (χ0n) is 17.5. The van der Waals surface area contributed by atoms with Crippen molar-refractivity contribution in [1.29, 1.82) is 0 Å². The molecule has 158 valence electrons. The molecule has 0 spiro atoms. The zero-order valence-corrected chi connectivity index (χ0v) is 17.5. The molecule has 0 saturated carbocycles. The lowest BCUT2D eigenvalue weighted by molar-refractivity contribution is -0.142. The van der Waals surface area contributed by atoms with Crippen molar-refractivity contribution in [2.45, 2.75) is 70.6 Å². The SMILES string of the molecule is CC(C)[C@H](NC(=O)[C@H](C)N)C(=O)N1CCC[C@H]1C(=O)N[C@H]1CCc2ccccc21. The van der Waals surface area contributed by atoms with Gasteiger partial charge < -0.3 is 21.3 Å². The molecule has 3 rings (SSSR count). The van der Waals surface area contributed by atoms with Gasteiger partial charge in [0.05, 0.1) is 12.1 Å². The fourth-order valence-electron chi connectivity index (χ4n) is 4.25. The van der Waals surface area contributed by atoms with Gasteiger partial charge in [-0.2, -0.15) is 0 Å². The maximum atomic E-state index is 13.2. The van der Waals surface area contributed by atoms with Crippen molar-refractivity contribution in [3.05, 3.63) is 35.4 Å². The van der Waals surface area contributed by atoms with Crippen LogP contribution in [0.3, 0.4) is 0 Å². The van der Waals surface area contributed by atoms with Crippen LogP contribution in [0.15, 0.2) is 24.3 Å². The molecule has 3 amide bonds. The number of nitrogens with two attached hydrogens (primary N) is 1. The van der Waals surface area contributed by atoms with Crippen LogP contribution < -0.4 is 16.4 Å². The van der Waals surface area contributed by atoms with Crippen LogP contribution in [0.5, 0.6) is 0 Å². The minimum Gasteiger partial charge on any atom is -0.347 e. The molecular formula is C22H32N4O3. The van der Waals surface area contributed by atoms with Crippen molar-refractivity contribution in [2.24, 2.45) is 11.7 Å². The second kappa shape index (κ2) is 8.95. The van der Waals surface area contributed by atoms with Crippen molar-refractivity contribution < 1.29 is 14.4 Å². The van der Waals surface area contributed by atoms with Crippen LogP contribution in [-0.2, 0) is 20.8 Å². The van der Waals surface area contributed by atoms with Gasteiger partial charge in [-0.05, 0) is 49.7 Å². The Hall–Kier alpha value is -2.41. The molecule has 4 atom stereocenters. The van der Waals surface area contributed by atoms with E-state index in [0.717, 1.165) is 19.3 Å². The van der Waals surface area contributed by atoms with E-state index in [2.05, 4.69) is 22.8 Å². The molecule has 0 radical (unpaired) electrons. The first-order valence-electron chi connectivity index (χ1n) is 10.5. The molecule has 1 aromatic carbocycles. The lowest BCUT2D eigenvalue weighted by atomic mass is 10.0. The van der Waals surface area contributed by atoms with E-state index in [4.69, 9.17) is 5.73 Å². The monoisotopic (exact) mass is 400 g/mol. The van der Waals surface area contributed by atoms with Crippen molar-refractivity contribution >= 4 is 17.7 Å². The molecule has 7 nitrogen and oxygen atoms in total. The number of fused-ring (bicyclic) bond motifs is 1. The third-order valence-corrected chi connectivity index (χ3v) is 5.93. The Bertz CT molecular complexity index is 777. The Kier molecular flexibility index (Phi) is 6.57. The Balaban J connectivity index is 1.69. The van der Waals surface area contributed by atoms with Crippen LogP contribution in [0.2, 0.25) is 0 Å². The van der Waals surface area contributed by atoms with Crippen molar-refractivity contribution in [3.8, 4) is 0 Å². The van der Waals surface area contributed by atoms with Gasteiger partial charge in [-0.1, -0.05) is 38.1 Å². The Morgan fingerprint density at radius 3 is 2.55 bits per heavy atom. The molecule has 1 saturated heterocycles. The van der Waals surface area contributed by atoms with Gasteiger partial charge in [-0.15, -0.1) is 0 Å². The fourth-order valence-corrected chi connectivity index (χ4v) is 4.25. The maximum absolute atomic E-state index is 13.2. The minimum atomic E-state index is -0.691. The number of hydrogen-bond donors (Lipinski definition) is 3. The summed E-state index contributed by atoms with van der Waals surface area (Å²) in [5.41, 5.74) is 8.08. The maximum Gasteiger partial charge on any atom is 0.246 e. The highest BCUT2D eigenvalue weighted by molar-refractivity contribution is 5.93. The van der Waals surface area contributed by atoms with E-state index in [1.807, 2.05) is 26.0 Å². The van der Waals surface area contributed by atoms with Gasteiger partial charge in [-0.25, -0.2) is 0 Å². The van der Waals surface area contributed by atoms with Gasteiger partial charge in [0, 0.05) is 6.54 Å². The summed E-state index contributed by atoms with van der Waals surface area (Å²) in [4.78, 5) is 39.9. The summed E-state index contributed by atoms with van der Waals surface area (Å²) in [5, 5.41) is 5.90. The van der Waals surface area contributed by atoms with Gasteiger partial charge in [0.1, 0.15) is 12.1 Å². The number of aryl methyl sites for hydroxylation is 1. The number of nitrogens with one attached hydrogen (secondary N) is 2. The molecule has 0 aromatic heterocycles. The number of nitrogens with zero attached hydrogens (tertiary/aromatic N) is 1. The normalized spacial score (nSPS) is 22.9. The Morgan fingerprint density at radius 2 is 1.86 bits per heavy atom. The number of likely N-dealkylation sites (tertiary alicyclic amines) is 1. The zero-order chi connectivity index (χ0) is 21.1. The highest BCUT2D eigenvalue weighted by Gasteiger charge is 2.39. The summed E-state index contributed by atoms with van der Waals surface area (Å²) in [5.74, 6) is -0.784. The minimum absolute atomic E-state index is 0.00468. The molecule has 7 heteroatoms. The molecule has 1 heterocycles. The van der Waals surface area contributed by atoms with E-state index in [-0.39, 0.29) is 29.7 Å². The number of hydrogen-bond acceptors (Lipinski definition) is 4. The molecule has 1 fully saturated rings. The Labute approximate surface area is 172 Å². The third-order valence-electron chi connectivity index (χ3n) is 5.93. The molecule has 1 aliphatic heterocycles. The molecule has 1 aliphatic carbocycles. The number of carbonyl (C=O) groups is 3. The van der Waals surface area contributed by atoms with E-state index >= 15 is 0 Å². The first-order chi connectivity index (χ1) is 13.8. The summed E-state index contributed by atoms with van der Waals surface area (Å²) < 4.78 is 0. The highest BCUT2D eigenvalue weighted by Crippen LogP contribution is 2.31. The van der Waals surface area contributed by atoms with Crippen LogP contribution in [0.1, 0.15) is 57.2 Å². The quantitative estimate of drug-likeness (QED) is 0.669. The van der Waals surface area contributed by atoms with Gasteiger partial charge >= 0.3 is 0 Å². The van der Waals surface area contributed by atoms with Crippen molar-refractivity contribution in [2.75, 3.05) is 6.54 Å². The first-order valence-corrected chi connectivity index (χ1v) is 10.5. The fraction of sp³-hybridized carbons (Fsp3) is 0.591. The highest BCUT2D eigenvalue weighted by atomic mass is 16.2. The van der Waals surface area contributed by atoms with E-state index in [1.54, 1.807) is 11.8 Å².